The number of fused-ring (bicyclic) bond motifs is 1. The predicted octanol–water partition coefficient (Wildman–Crippen LogP) is 4.82. The molecule has 1 aromatic heterocycles. The molecule has 0 radical (unpaired) electrons. The Hall–Kier alpha value is -2.90. The minimum atomic E-state index is -0.223. The average molecular weight is 455 g/mol. The molecule has 0 aliphatic carbocycles. The Morgan fingerprint density at radius 1 is 1.19 bits per heavy atom. The summed E-state index contributed by atoms with van der Waals surface area (Å²) in [5.74, 6) is 0.995. The third kappa shape index (κ3) is 4.49. The molecular formula is C25H27FN2O3S. The van der Waals surface area contributed by atoms with Gasteiger partial charge in [0, 0.05) is 24.7 Å². The van der Waals surface area contributed by atoms with Gasteiger partial charge in [0.25, 0.3) is 5.91 Å². The molecule has 1 aliphatic rings. The van der Waals surface area contributed by atoms with Crippen molar-refractivity contribution in [1.29, 1.82) is 0 Å². The lowest BCUT2D eigenvalue weighted by Gasteiger charge is -2.41. The van der Waals surface area contributed by atoms with Gasteiger partial charge in [0.2, 0.25) is 0 Å². The minimum Gasteiger partial charge on any atom is -0.493 e. The van der Waals surface area contributed by atoms with Gasteiger partial charge in [-0.3, -0.25) is 9.69 Å². The van der Waals surface area contributed by atoms with Gasteiger partial charge in [-0.1, -0.05) is 24.3 Å². The van der Waals surface area contributed by atoms with Crippen molar-refractivity contribution < 1.29 is 18.7 Å². The highest BCUT2D eigenvalue weighted by atomic mass is 32.1. The molecule has 0 saturated heterocycles. The number of thiophene rings is 1. The number of carbonyl (C=O) groups is 1. The second kappa shape index (κ2) is 9.71. The van der Waals surface area contributed by atoms with E-state index in [-0.39, 0.29) is 23.8 Å². The monoisotopic (exact) mass is 454 g/mol. The van der Waals surface area contributed by atoms with Crippen LogP contribution in [0.25, 0.3) is 0 Å². The Kier molecular flexibility index (Phi) is 6.77. The standard InChI is InChI=1S/C25H27FN2O3S/c1-16(27-25(29)23-9-6-12-32-23)24-19-14-22(31-3)21(30-2)13-17(19)10-11-28(24)15-18-7-4-5-8-20(18)26/h4-9,12-14,16,24H,10-11,15H2,1-3H3,(H,27,29)/t16-,24+/m0/s1. The topological polar surface area (TPSA) is 50.8 Å². The fraction of sp³-hybridized carbons (Fsp3) is 0.320. The highest BCUT2D eigenvalue weighted by molar-refractivity contribution is 7.12. The van der Waals surface area contributed by atoms with Crippen LogP contribution in [-0.2, 0) is 13.0 Å². The molecule has 0 saturated carbocycles. The first kappa shape index (κ1) is 22.3. The molecule has 0 bridgehead atoms. The van der Waals surface area contributed by atoms with Gasteiger partial charge in [-0.15, -0.1) is 11.3 Å². The number of rotatable bonds is 7. The molecule has 2 aromatic carbocycles. The highest BCUT2D eigenvalue weighted by Gasteiger charge is 2.34. The molecule has 5 nitrogen and oxygen atoms in total. The number of hydrogen-bond donors (Lipinski definition) is 1. The van der Waals surface area contributed by atoms with E-state index in [1.165, 1.54) is 17.4 Å². The first-order valence-corrected chi connectivity index (χ1v) is 11.5. The third-order valence-electron chi connectivity index (χ3n) is 5.93. The van der Waals surface area contributed by atoms with Crippen molar-refractivity contribution in [2.24, 2.45) is 0 Å². The van der Waals surface area contributed by atoms with E-state index in [1.807, 2.05) is 48.7 Å². The molecule has 2 atom stereocenters. The zero-order chi connectivity index (χ0) is 22.7. The molecule has 0 fully saturated rings. The van der Waals surface area contributed by atoms with Crippen LogP contribution in [0.2, 0.25) is 0 Å². The van der Waals surface area contributed by atoms with E-state index in [1.54, 1.807) is 20.3 Å². The quantitative estimate of drug-likeness (QED) is 0.556. The summed E-state index contributed by atoms with van der Waals surface area (Å²) >= 11 is 1.41. The first-order valence-electron chi connectivity index (χ1n) is 10.6. The van der Waals surface area contributed by atoms with Crippen LogP contribution < -0.4 is 14.8 Å². The largest absolute Gasteiger partial charge is 0.493 e. The summed E-state index contributed by atoms with van der Waals surface area (Å²) in [6.45, 7) is 3.18. The lowest BCUT2D eigenvalue weighted by Crippen LogP contribution is -2.47. The number of nitrogens with one attached hydrogen (secondary N) is 1. The van der Waals surface area contributed by atoms with Crippen LogP contribution in [-0.4, -0.2) is 37.6 Å². The molecule has 1 N–H and O–H groups in total. The van der Waals surface area contributed by atoms with Gasteiger partial charge >= 0.3 is 0 Å². The van der Waals surface area contributed by atoms with Crippen LogP contribution in [0.15, 0.2) is 53.9 Å². The summed E-state index contributed by atoms with van der Waals surface area (Å²) in [5, 5.41) is 5.04. The Bertz CT molecular complexity index is 1090. The number of methoxy groups -OCH3 is 2. The van der Waals surface area contributed by atoms with Gasteiger partial charge < -0.3 is 14.8 Å². The maximum atomic E-state index is 14.5. The van der Waals surface area contributed by atoms with Gasteiger partial charge in [0.15, 0.2) is 11.5 Å². The first-order chi connectivity index (χ1) is 15.5. The summed E-state index contributed by atoms with van der Waals surface area (Å²) in [6.07, 6.45) is 0.798. The highest BCUT2D eigenvalue weighted by Crippen LogP contribution is 2.40. The lowest BCUT2D eigenvalue weighted by molar-refractivity contribution is 0.0879. The van der Waals surface area contributed by atoms with E-state index in [4.69, 9.17) is 9.47 Å². The summed E-state index contributed by atoms with van der Waals surface area (Å²) < 4.78 is 25.5. The smallest absolute Gasteiger partial charge is 0.261 e. The van der Waals surface area contributed by atoms with Crippen molar-refractivity contribution in [2.75, 3.05) is 20.8 Å². The summed E-state index contributed by atoms with van der Waals surface area (Å²) in [4.78, 5) is 15.7. The number of ether oxygens (including phenoxy) is 2. The zero-order valence-electron chi connectivity index (χ0n) is 18.4. The molecule has 1 aliphatic heterocycles. The zero-order valence-corrected chi connectivity index (χ0v) is 19.2. The number of amides is 1. The fourth-order valence-electron chi connectivity index (χ4n) is 4.40. The molecule has 32 heavy (non-hydrogen) atoms. The third-order valence-corrected chi connectivity index (χ3v) is 6.80. The molecule has 1 amide bonds. The van der Waals surface area contributed by atoms with E-state index in [2.05, 4.69) is 10.2 Å². The number of benzene rings is 2. The molecule has 3 aromatic rings. The average Bonchev–Trinajstić information content (AvgIpc) is 3.34. The van der Waals surface area contributed by atoms with E-state index in [0.717, 1.165) is 24.1 Å². The summed E-state index contributed by atoms with van der Waals surface area (Å²) in [7, 11) is 3.24. The minimum absolute atomic E-state index is 0.106. The summed E-state index contributed by atoms with van der Waals surface area (Å²) in [5.41, 5.74) is 2.84. The van der Waals surface area contributed by atoms with E-state index < -0.39 is 0 Å². The number of carbonyl (C=O) groups excluding carboxylic acids is 1. The second-order valence-corrected chi connectivity index (χ2v) is 8.85. The molecular weight excluding hydrogens is 427 g/mol. The van der Waals surface area contributed by atoms with Crippen LogP contribution in [0.4, 0.5) is 4.39 Å². The van der Waals surface area contributed by atoms with Crippen molar-refractivity contribution >= 4 is 17.2 Å². The Balaban J connectivity index is 1.70. The SMILES string of the molecule is COc1cc2c(cc1OC)[C@@H]([C@H](C)NC(=O)c1cccs1)N(Cc1ccccc1F)CC2. The number of halogens is 1. The van der Waals surface area contributed by atoms with E-state index in [0.29, 0.717) is 28.5 Å². The lowest BCUT2D eigenvalue weighted by atomic mass is 9.87. The van der Waals surface area contributed by atoms with E-state index in [9.17, 15) is 9.18 Å². The maximum Gasteiger partial charge on any atom is 0.261 e. The Morgan fingerprint density at radius 3 is 2.62 bits per heavy atom. The molecule has 0 spiro atoms. The van der Waals surface area contributed by atoms with Crippen molar-refractivity contribution in [2.45, 2.75) is 32.0 Å². The van der Waals surface area contributed by atoms with Crippen LogP contribution in [0, 0.1) is 5.82 Å². The van der Waals surface area contributed by atoms with Gasteiger partial charge in [0.05, 0.1) is 25.1 Å². The van der Waals surface area contributed by atoms with Gasteiger partial charge in [-0.25, -0.2) is 4.39 Å². The Morgan fingerprint density at radius 2 is 1.94 bits per heavy atom. The molecule has 2 heterocycles. The number of hydrogen-bond acceptors (Lipinski definition) is 5. The van der Waals surface area contributed by atoms with Crippen LogP contribution in [0.3, 0.4) is 0 Å². The predicted molar refractivity (Wildman–Crippen MR) is 124 cm³/mol. The van der Waals surface area contributed by atoms with Crippen molar-refractivity contribution in [3.8, 4) is 11.5 Å². The van der Waals surface area contributed by atoms with Crippen molar-refractivity contribution in [3.05, 3.63) is 81.3 Å². The molecule has 0 unspecified atom stereocenters. The van der Waals surface area contributed by atoms with Gasteiger partial charge in [-0.05, 0) is 54.1 Å². The van der Waals surface area contributed by atoms with Crippen LogP contribution in [0.1, 0.15) is 39.3 Å². The fourth-order valence-corrected chi connectivity index (χ4v) is 5.03. The van der Waals surface area contributed by atoms with Crippen molar-refractivity contribution in [1.82, 2.24) is 10.2 Å². The van der Waals surface area contributed by atoms with Crippen LogP contribution in [0.5, 0.6) is 11.5 Å². The molecule has 4 rings (SSSR count). The van der Waals surface area contributed by atoms with Gasteiger partial charge in [-0.2, -0.15) is 0 Å². The van der Waals surface area contributed by atoms with Crippen molar-refractivity contribution in [3.63, 3.8) is 0 Å². The second-order valence-electron chi connectivity index (χ2n) is 7.90. The maximum absolute atomic E-state index is 14.5. The summed E-state index contributed by atoms with van der Waals surface area (Å²) in [6, 6.07) is 14.1. The number of nitrogens with zero attached hydrogens (tertiary/aromatic N) is 1. The van der Waals surface area contributed by atoms with Crippen LogP contribution >= 0.6 is 11.3 Å². The molecule has 168 valence electrons. The molecule has 7 heteroatoms. The Labute approximate surface area is 191 Å². The van der Waals surface area contributed by atoms with E-state index >= 15 is 0 Å². The van der Waals surface area contributed by atoms with Gasteiger partial charge in [0.1, 0.15) is 5.82 Å². The normalized spacial score (nSPS) is 16.8.